The molecular formula is C12H15NO6. The van der Waals surface area contributed by atoms with Crippen molar-refractivity contribution in [3.8, 4) is 5.75 Å². The average Bonchev–Trinajstić information content (AvgIpc) is 2.37. The molecule has 2 unspecified atom stereocenters. The summed E-state index contributed by atoms with van der Waals surface area (Å²) in [5.74, 6) is -1.87. The molecule has 1 rings (SSSR count). The van der Waals surface area contributed by atoms with Gasteiger partial charge in [-0.1, -0.05) is 6.07 Å². The minimum absolute atomic E-state index is 0.156. The third-order valence-corrected chi connectivity index (χ3v) is 2.60. The number of primary amides is 1. The van der Waals surface area contributed by atoms with Crippen LogP contribution in [0.5, 0.6) is 5.75 Å². The van der Waals surface area contributed by atoms with Gasteiger partial charge in [0.25, 0.3) is 5.91 Å². The number of hydrogen-bond donors (Lipinski definition) is 4. The molecule has 0 radical (unpaired) electrons. The molecule has 0 spiro atoms. The van der Waals surface area contributed by atoms with Gasteiger partial charge >= 0.3 is 5.97 Å². The molecular weight excluding hydrogens is 254 g/mol. The van der Waals surface area contributed by atoms with Crippen LogP contribution in [-0.2, 0) is 9.53 Å². The summed E-state index contributed by atoms with van der Waals surface area (Å²) in [6, 6.07) is 3.64. The number of hydrogen-bond acceptors (Lipinski definition) is 6. The number of carbonyl (C=O) groups is 2. The van der Waals surface area contributed by atoms with Gasteiger partial charge in [0.1, 0.15) is 11.9 Å². The van der Waals surface area contributed by atoms with Crippen LogP contribution in [0.2, 0.25) is 0 Å². The molecule has 0 fully saturated rings. The number of amides is 1. The first-order valence-electron chi connectivity index (χ1n) is 5.42. The fourth-order valence-electron chi connectivity index (χ4n) is 1.52. The van der Waals surface area contributed by atoms with Gasteiger partial charge in [-0.05, 0) is 17.7 Å². The van der Waals surface area contributed by atoms with Gasteiger partial charge in [-0.2, -0.15) is 0 Å². The van der Waals surface area contributed by atoms with Crippen LogP contribution in [-0.4, -0.2) is 40.4 Å². The first-order chi connectivity index (χ1) is 8.86. The highest BCUT2D eigenvalue weighted by Crippen LogP contribution is 2.25. The molecule has 0 saturated heterocycles. The molecule has 19 heavy (non-hydrogen) atoms. The topological polar surface area (TPSA) is 130 Å². The zero-order valence-corrected chi connectivity index (χ0v) is 10.2. The Morgan fingerprint density at radius 2 is 2.00 bits per heavy atom. The van der Waals surface area contributed by atoms with E-state index in [0.29, 0.717) is 0 Å². The molecule has 0 aliphatic carbocycles. The third kappa shape index (κ3) is 3.67. The lowest BCUT2D eigenvalue weighted by Crippen LogP contribution is -2.23. The van der Waals surface area contributed by atoms with Crippen LogP contribution in [0.3, 0.4) is 0 Å². The number of benzene rings is 1. The Hall–Kier alpha value is -2.12. The van der Waals surface area contributed by atoms with Crippen molar-refractivity contribution >= 4 is 11.9 Å². The monoisotopic (exact) mass is 269 g/mol. The second-order valence-corrected chi connectivity index (χ2v) is 3.93. The largest absolute Gasteiger partial charge is 0.507 e. The van der Waals surface area contributed by atoms with Gasteiger partial charge in [0.15, 0.2) is 0 Å². The standard InChI is InChI=1S/C12H15NO6/c1-19-10(16)5-9(15)11(17)6-2-3-8(14)7(4-6)12(13)18/h2-4,9,11,14-15,17H,5H2,1H3,(H2,13,18). The molecule has 7 nitrogen and oxygen atoms in total. The number of aliphatic hydroxyl groups is 2. The molecule has 0 aliphatic heterocycles. The summed E-state index contributed by atoms with van der Waals surface area (Å²) in [5.41, 5.74) is 5.02. The first kappa shape index (κ1) is 14.9. The number of carbonyl (C=O) groups excluding carboxylic acids is 2. The van der Waals surface area contributed by atoms with Crippen molar-refractivity contribution in [3.05, 3.63) is 29.3 Å². The number of ether oxygens (including phenoxy) is 1. The van der Waals surface area contributed by atoms with Crippen molar-refractivity contribution in [1.82, 2.24) is 0 Å². The Morgan fingerprint density at radius 1 is 1.37 bits per heavy atom. The Kier molecular flexibility index (Phi) is 4.85. The maximum absolute atomic E-state index is 11.0. The third-order valence-electron chi connectivity index (χ3n) is 2.60. The fourth-order valence-corrected chi connectivity index (χ4v) is 1.52. The van der Waals surface area contributed by atoms with E-state index in [1.165, 1.54) is 12.1 Å². The summed E-state index contributed by atoms with van der Waals surface area (Å²) in [6.07, 6.45) is -3.19. The van der Waals surface area contributed by atoms with E-state index in [1.54, 1.807) is 0 Å². The maximum Gasteiger partial charge on any atom is 0.308 e. The van der Waals surface area contributed by atoms with Crippen molar-refractivity contribution < 1.29 is 29.6 Å². The quantitative estimate of drug-likeness (QED) is 0.530. The maximum atomic E-state index is 11.0. The molecule has 1 amide bonds. The van der Waals surface area contributed by atoms with E-state index in [4.69, 9.17) is 5.73 Å². The number of esters is 1. The molecule has 1 aromatic carbocycles. The zero-order valence-electron chi connectivity index (χ0n) is 10.2. The molecule has 2 atom stereocenters. The van der Waals surface area contributed by atoms with Crippen LogP contribution in [0.15, 0.2) is 18.2 Å². The normalized spacial score (nSPS) is 13.6. The average molecular weight is 269 g/mol. The Balaban J connectivity index is 2.93. The van der Waals surface area contributed by atoms with Gasteiger partial charge in [-0.25, -0.2) is 0 Å². The first-order valence-corrected chi connectivity index (χ1v) is 5.42. The summed E-state index contributed by atoms with van der Waals surface area (Å²) in [7, 11) is 1.16. The Bertz CT molecular complexity index is 487. The van der Waals surface area contributed by atoms with Crippen LogP contribution < -0.4 is 5.73 Å². The van der Waals surface area contributed by atoms with Gasteiger partial charge in [0, 0.05) is 0 Å². The number of phenols is 1. The van der Waals surface area contributed by atoms with E-state index < -0.39 is 30.5 Å². The predicted octanol–water partition coefficient (Wildman–Crippen LogP) is -0.552. The van der Waals surface area contributed by atoms with Crippen LogP contribution in [0.1, 0.15) is 28.4 Å². The summed E-state index contributed by atoms with van der Waals surface area (Å²) in [6.45, 7) is 0. The number of rotatable bonds is 5. The molecule has 0 saturated carbocycles. The van der Waals surface area contributed by atoms with E-state index in [2.05, 4.69) is 4.74 Å². The van der Waals surface area contributed by atoms with Crippen molar-refractivity contribution in [2.75, 3.05) is 7.11 Å². The number of nitrogens with two attached hydrogens (primary N) is 1. The van der Waals surface area contributed by atoms with Crippen molar-refractivity contribution in [2.24, 2.45) is 5.73 Å². The smallest absolute Gasteiger partial charge is 0.308 e. The number of aliphatic hydroxyl groups excluding tert-OH is 2. The molecule has 0 aromatic heterocycles. The number of methoxy groups -OCH3 is 1. The molecule has 7 heteroatoms. The van der Waals surface area contributed by atoms with E-state index in [-0.39, 0.29) is 16.9 Å². The minimum Gasteiger partial charge on any atom is -0.507 e. The van der Waals surface area contributed by atoms with E-state index in [0.717, 1.165) is 13.2 Å². The molecule has 1 aromatic rings. The van der Waals surface area contributed by atoms with Crippen LogP contribution >= 0.6 is 0 Å². The summed E-state index contributed by atoms with van der Waals surface area (Å²) in [5, 5.41) is 28.9. The summed E-state index contributed by atoms with van der Waals surface area (Å²) >= 11 is 0. The van der Waals surface area contributed by atoms with Crippen molar-refractivity contribution in [2.45, 2.75) is 18.6 Å². The highest BCUT2D eigenvalue weighted by atomic mass is 16.5. The molecule has 5 N–H and O–H groups in total. The molecule has 0 bridgehead atoms. The van der Waals surface area contributed by atoms with Crippen LogP contribution in [0, 0.1) is 0 Å². The van der Waals surface area contributed by atoms with Crippen LogP contribution in [0.25, 0.3) is 0 Å². The highest BCUT2D eigenvalue weighted by Gasteiger charge is 2.23. The second-order valence-electron chi connectivity index (χ2n) is 3.93. The van der Waals surface area contributed by atoms with Gasteiger partial charge in [0.05, 0.1) is 25.2 Å². The molecule has 0 heterocycles. The Morgan fingerprint density at radius 3 is 2.53 bits per heavy atom. The van der Waals surface area contributed by atoms with Gasteiger partial charge in [-0.3, -0.25) is 9.59 Å². The fraction of sp³-hybridized carbons (Fsp3) is 0.333. The van der Waals surface area contributed by atoms with Crippen molar-refractivity contribution in [1.29, 1.82) is 0 Å². The van der Waals surface area contributed by atoms with Gasteiger partial charge in [-0.15, -0.1) is 0 Å². The molecule has 0 aliphatic rings. The van der Waals surface area contributed by atoms with E-state index in [1.807, 2.05) is 0 Å². The van der Waals surface area contributed by atoms with E-state index in [9.17, 15) is 24.9 Å². The molecule has 104 valence electrons. The summed E-state index contributed by atoms with van der Waals surface area (Å²) < 4.78 is 4.36. The lowest BCUT2D eigenvalue weighted by atomic mass is 9.99. The predicted molar refractivity (Wildman–Crippen MR) is 64.2 cm³/mol. The minimum atomic E-state index is -1.40. The Labute approximate surface area is 109 Å². The van der Waals surface area contributed by atoms with Crippen molar-refractivity contribution in [3.63, 3.8) is 0 Å². The van der Waals surface area contributed by atoms with E-state index >= 15 is 0 Å². The zero-order chi connectivity index (χ0) is 14.6. The van der Waals surface area contributed by atoms with Gasteiger partial charge < -0.3 is 25.8 Å². The highest BCUT2D eigenvalue weighted by molar-refractivity contribution is 5.95. The summed E-state index contributed by atoms with van der Waals surface area (Å²) in [4.78, 5) is 22.0. The SMILES string of the molecule is COC(=O)CC(O)C(O)c1ccc(O)c(C(N)=O)c1. The van der Waals surface area contributed by atoms with Gasteiger partial charge in [0.2, 0.25) is 0 Å². The lowest BCUT2D eigenvalue weighted by Gasteiger charge is -2.17. The second kappa shape index (κ2) is 6.17. The lowest BCUT2D eigenvalue weighted by molar-refractivity contribution is -0.144. The van der Waals surface area contributed by atoms with Crippen LogP contribution in [0.4, 0.5) is 0 Å². The number of aromatic hydroxyl groups is 1.